The molecular formula is C14H27NOS. The van der Waals surface area contributed by atoms with Crippen LogP contribution in [0.2, 0.25) is 0 Å². The Labute approximate surface area is 111 Å². The van der Waals surface area contributed by atoms with E-state index in [9.17, 15) is 5.11 Å². The maximum atomic E-state index is 10.2. The second kappa shape index (κ2) is 5.50. The van der Waals surface area contributed by atoms with Crippen LogP contribution >= 0.6 is 12.6 Å². The fourth-order valence-electron chi connectivity index (χ4n) is 3.60. The molecule has 1 aliphatic heterocycles. The van der Waals surface area contributed by atoms with Crippen LogP contribution < -0.4 is 0 Å². The zero-order valence-electron chi connectivity index (χ0n) is 11.1. The Kier molecular flexibility index (Phi) is 4.43. The highest BCUT2D eigenvalue weighted by Gasteiger charge is 2.36. The molecule has 1 atom stereocenters. The van der Waals surface area contributed by atoms with Crippen molar-refractivity contribution in [3.8, 4) is 0 Å². The Morgan fingerprint density at radius 2 is 1.82 bits per heavy atom. The smallest absolute Gasteiger partial charge is 0.0746 e. The lowest BCUT2D eigenvalue weighted by atomic mass is 9.74. The predicted molar refractivity (Wildman–Crippen MR) is 75.7 cm³/mol. The van der Waals surface area contributed by atoms with Crippen molar-refractivity contribution in [1.82, 2.24) is 4.90 Å². The van der Waals surface area contributed by atoms with E-state index in [0.717, 1.165) is 38.2 Å². The van der Waals surface area contributed by atoms with Crippen LogP contribution in [-0.4, -0.2) is 41.0 Å². The first-order valence-electron chi connectivity index (χ1n) is 7.11. The van der Waals surface area contributed by atoms with Gasteiger partial charge in [-0.2, -0.15) is 12.6 Å². The molecular weight excluding hydrogens is 230 g/mol. The highest BCUT2D eigenvalue weighted by Crippen LogP contribution is 2.38. The molecule has 17 heavy (non-hydrogen) atoms. The lowest BCUT2D eigenvalue weighted by Crippen LogP contribution is -2.50. The summed E-state index contributed by atoms with van der Waals surface area (Å²) < 4.78 is 0. The van der Waals surface area contributed by atoms with E-state index in [1.165, 1.54) is 32.1 Å². The van der Waals surface area contributed by atoms with Gasteiger partial charge in [0.05, 0.1) is 5.60 Å². The van der Waals surface area contributed by atoms with Crippen molar-refractivity contribution in [2.45, 2.75) is 57.5 Å². The Balaban J connectivity index is 1.93. The lowest BCUT2D eigenvalue weighted by molar-refractivity contribution is -0.0299. The molecule has 0 aromatic rings. The molecule has 0 amide bonds. The van der Waals surface area contributed by atoms with Crippen LogP contribution in [0.1, 0.15) is 51.9 Å². The summed E-state index contributed by atoms with van der Waals surface area (Å²) in [4.78, 5) is 2.48. The Bertz CT molecular complexity index is 249. The summed E-state index contributed by atoms with van der Waals surface area (Å²) in [7, 11) is 0. The second-order valence-corrected chi connectivity index (χ2v) is 6.85. The fourth-order valence-corrected chi connectivity index (χ4v) is 4.02. The first-order chi connectivity index (χ1) is 8.05. The van der Waals surface area contributed by atoms with Crippen LogP contribution in [0.15, 0.2) is 0 Å². The van der Waals surface area contributed by atoms with E-state index in [1.807, 2.05) is 6.92 Å². The molecule has 2 fully saturated rings. The predicted octanol–water partition coefficient (Wildman–Crippen LogP) is 2.71. The van der Waals surface area contributed by atoms with E-state index >= 15 is 0 Å². The molecule has 0 aromatic heterocycles. The molecule has 2 rings (SSSR count). The molecule has 1 heterocycles. The van der Waals surface area contributed by atoms with Crippen molar-refractivity contribution < 1.29 is 5.11 Å². The maximum absolute atomic E-state index is 10.2. The largest absolute Gasteiger partial charge is 0.389 e. The Hall–Kier alpha value is 0.270. The van der Waals surface area contributed by atoms with Crippen LogP contribution in [0.3, 0.4) is 0 Å². The van der Waals surface area contributed by atoms with Crippen molar-refractivity contribution in [2.75, 3.05) is 25.4 Å². The zero-order chi connectivity index (χ0) is 12.4. The van der Waals surface area contributed by atoms with Crippen LogP contribution in [-0.2, 0) is 0 Å². The van der Waals surface area contributed by atoms with Crippen LogP contribution in [0.4, 0.5) is 0 Å². The summed E-state index contributed by atoms with van der Waals surface area (Å²) >= 11 is 4.60. The second-order valence-electron chi connectivity index (χ2n) is 6.53. The van der Waals surface area contributed by atoms with Crippen molar-refractivity contribution in [2.24, 2.45) is 5.41 Å². The quantitative estimate of drug-likeness (QED) is 0.760. The number of piperidine rings is 1. The van der Waals surface area contributed by atoms with Crippen LogP contribution in [0, 0.1) is 5.41 Å². The van der Waals surface area contributed by atoms with E-state index in [1.54, 1.807) is 0 Å². The zero-order valence-corrected chi connectivity index (χ0v) is 12.0. The monoisotopic (exact) mass is 257 g/mol. The summed E-state index contributed by atoms with van der Waals surface area (Å²) in [6.45, 7) is 5.13. The maximum Gasteiger partial charge on any atom is 0.0746 e. The lowest BCUT2D eigenvalue weighted by Gasteiger charge is -2.44. The molecule has 1 saturated carbocycles. The van der Waals surface area contributed by atoms with Gasteiger partial charge in [-0.05, 0) is 50.3 Å². The van der Waals surface area contributed by atoms with Gasteiger partial charge >= 0.3 is 0 Å². The van der Waals surface area contributed by atoms with Gasteiger partial charge in [-0.15, -0.1) is 0 Å². The Morgan fingerprint density at radius 1 is 1.12 bits per heavy atom. The summed E-state index contributed by atoms with van der Waals surface area (Å²) in [5.74, 6) is 1.01. The number of aliphatic hydroxyl groups is 1. The van der Waals surface area contributed by atoms with E-state index in [0.29, 0.717) is 5.41 Å². The van der Waals surface area contributed by atoms with Gasteiger partial charge < -0.3 is 5.11 Å². The average molecular weight is 257 g/mol. The number of thiol groups is 1. The van der Waals surface area contributed by atoms with Crippen molar-refractivity contribution in [1.29, 1.82) is 0 Å². The van der Waals surface area contributed by atoms with E-state index in [-0.39, 0.29) is 0 Å². The minimum atomic E-state index is -0.468. The third kappa shape index (κ3) is 3.62. The molecule has 1 aliphatic carbocycles. The van der Waals surface area contributed by atoms with Gasteiger partial charge in [0.25, 0.3) is 0 Å². The first-order valence-corrected chi connectivity index (χ1v) is 7.74. The van der Waals surface area contributed by atoms with Crippen molar-refractivity contribution in [3.63, 3.8) is 0 Å². The fraction of sp³-hybridized carbons (Fsp3) is 1.00. The molecule has 0 radical (unpaired) electrons. The summed E-state index contributed by atoms with van der Waals surface area (Å²) in [6.07, 6.45) is 8.88. The van der Waals surface area contributed by atoms with Gasteiger partial charge in [0.1, 0.15) is 0 Å². The van der Waals surface area contributed by atoms with E-state index < -0.39 is 5.60 Å². The topological polar surface area (TPSA) is 23.5 Å². The van der Waals surface area contributed by atoms with Gasteiger partial charge in [0, 0.05) is 13.1 Å². The molecule has 1 unspecified atom stereocenters. The molecule has 0 bridgehead atoms. The van der Waals surface area contributed by atoms with Gasteiger partial charge in [0.15, 0.2) is 0 Å². The van der Waals surface area contributed by atoms with Crippen LogP contribution in [0.25, 0.3) is 0 Å². The third-order valence-corrected chi connectivity index (χ3v) is 5.23. The third-order valence-electron chi connectivity index (χ3n) is 4.56. The SMILES string of the molecule is CC1(O)CCCN(CC2(CS)CCCCC2)C1. The normalized spacial score (nSPS) is 34.8. The van der Waals surface area contributed by atoms with E-state index in [4.69, 9.17) is 0 Å². The minimum absolute atomic E-state index is 0.425. The first kappa shape index (κ1) is 13.7. The van der Waals surface area contributed by atoms with E-state index in [2.05, 4.69) is 17.5 Å². The molecule has 3 heteroatoms. The van der Waals surface area contributed by atoms with Crippen molar-refractivity contribution >= 4 is 12.6 Å². The Morgan fingerprint density at radius 3 is 2.41 bits per heavy atom. The molecule has 100 valence electrons. The van der Waals surface area contributed by atoms with Gasteiger partial charge in [0.2, 0.25) is 0 Å². The standard InChI is InChI=1S/C14H27NOS/c1-13(16)6-5-9-15(10-13)11-14(12-17)7-3-2-4-8-14/h16-17H,2-12H2,1H3. The molecule has 0 spiro atoms. The number of rotatable bonds is 3. The molecule has 1 saturated heterocycles. The number of likely N-dealkylation sites (tertiary alicyclic amines) is 1. The average Bonchev–Trinajstić information content (AvgIpc) is 2.29. The minimum Gasteiger partial charge on any atom is -0.389 e. The number of hydrogen-bond donors (Lipinski definition) is 2. The molecule has 0 aromatic carbocycles. The van der Waals surface area contributed by atoms with Gasteiger partial charge in [-0.3, -0.25) is 4.90 Å². The summed E-state index contributed by atoms with van der Waals surface area (Å²) in [5, 5.41) is 10.2. The number of hydrogen-bond acceptors (Lipinski definition) is 3. The molecule has 2 nitrogen and oxygen atoms in total. The van der Waals surface area contributed by atoms with Crippen LogP contribution in [0.5, 0.6) is 0 Å². The highest BCUT2D eigenvalue weighted by molar-refractivity contribution is 7.80. The number of nitrogens with zero attached hydrogens (tertiary/aromatic N) is 1. The highest BCUT2D eigenvalue weighted by atomic mass is 32.1. The summed E-state index contributed by atoms with van der Waals surface area (Å²) in [5.41, 5.74) is -0.0422. The van der Waals surface area contributed by atoms with Gasteiger partial charge in [-0.1, -0.05) is 19.3 Å². The summed E-state index contributed by atoms with van der Waals surface area (Å²) in [6, 6.07) is 0. The molecule has 2 aliphatic rings. The van der Waals surface area contributed by atoms with Crippen molar-refractivity contribution in [3.05, 3.63) is 0 Å². The molecule has 1 N–H and O–H groups in total. The number of β-amino-alcohol motifs (C(OH)–C–C–N with tert-alkyl or cyclic N) is 1. The van der Waals surface area contributed by atoms with Gasteiger partial charge in [-0.25, -0.2) is 0 Å².